The maximum Gasteiger partial charge on any atom is 0.339 e. The van der Waals surface area contributed by atoms with Crippen LogP contribution in [0.5, 0.6) is 0 Å². The molecular weight excluding hydrogens is 420 g/mol. The van der Waals surface area contributed by atoms with Crippen LogP contribution in [0.2, 0.25) is 0 Å². The van der Waals surface area contributed by atoms with Crippen molar-refractivity contribution in [2.24, 2.45) is 0 Å². The van der Waals surface area contributed by atoms with Gasteiger partial charge in [-0.25, -0.2) is 17.9 Å². The summed E-state index contributed by atoms with van der Waals surface area (Å²) in [6.07, 6.45) is 1.66. The second kappa shape index (κ2) is 7.58. The van der Waals surface area contributed by atoms with Crippen molar-refractivity contribution in [1.29, 1.82) is 5.26 Å². The van der Waals surface area contributed by atoms with Crippen LogP contribution in [0.4, 0.5) is 0 Å². The number of rotatable bonds is 6. The van der Waals surface area contributed by atoms with Crippen molar-refractivity contribution in [1.82, 2.24) is 4.72 Å². The number of carbonyl (C=O) groups is 1. The van der Waals surface area contributed by atoms with Crippen LogP contribution in [0, 0.1) is 11.3 Å². The Morgan fingerprint density at radius 1 is 1.23 bits per heavy atom. The topological polar surface area (TPSA) is 96.3 Å². The minimum atomic E-state index is -3.65. The molecule has 0 spiro atoms. The van der Waals surface area contributed by atoms with E-state index in [4.69, 9.17) is 10.00 Å². The van der Waals surface area contributed by atoms with Crippen LogP contribution in [0.25, 0.3) is 0 Å². The Balaban J connectivity index is 1.73. The van der Waals surface area contributed by atoms with Crippen LogP contribution in [0.3, 0.4) is 0 Å². The minimum absolute atomic E-state index is 0.0181. The molecule has 0 saturated heterocycles. The first-order chi connectivity index (χ1) is 12.4. The summed E-state index contributed by atoms with van der Waals surface area (Å²) >= 11 is 3.25. The molecule has 6 nitrogen and oxygen atoms in total. The van der Waals surface area contributed by atoms with E-state index in [0.29, 0.717) is 10.0 Å². The van der Waals surface area contributed by atoms with Gasteiger partial charge >= 0.3 is 5.97 Å². The molecule has 1 saturated carbocycles. The van der Waals surface area contributed by atoms with Gasteiger partial charge in [0, 0.05) is 10.5 Å². The fourth-order valence-corrected chi connectivity index (χ4v) is 3.96. The van der Waals surface area contributed by atoms with E-state index in [0.717, 1.165) is 18.4 Å². The molecule has 1 N–H and O–H groups in total. The summed E-state index contributed by atoms with van der Waals surface area (Å²) in [7, 11) is -3.65. The maximum atomic E-state index is 12.4. The van der Waals surface area contributed by atoms with Crippen molar-refractivity contribution in [3.63, 3.8) is 0 Å². The lowest BCUT2D eigenvalue weighted by Gasteiger charge is -2.10. The molecule has 26 heavy (non-hydrogen) atoms. The predicted molar refractivity (Wildman–Crippen MR) is 97.8 cm³/mol. The molecule has 0 unspecified atom stereocenters. The molecule has 0 amide bonds. The van der Waals surface area contributed by atoms with E-state index in [2.05, 4.69) is 20.7 Å². The van der Waals surface area contributed by atoms with Gasteiger partial charge in [-0.3, -0.25) is 0 Å². The molecule has 0 heterocycles. The van der Waals surface area contributed by atoms with Crippen molar-refractivity contribution < 1.29 is 17.9 Å². The normalized spacial score (nSPS) is 13.8. The number of hydrogen-bond acceptors (Lipinski definition) is 5. The van der Waals surface area contributed by atoms with E-state index < -0.39 is 16.0 Å². The average molecular weight is 435 g/mol. The first-order valence-corrected chi connectivity index (χ1v) is 10.1. The molecule has 8 heteroatoms. The van der Waals surface area contributed by atoms with E-state index in [1.807, 2.05) is 6.07 Å². The van der Waals surface area contributed by atoms with Crippen molar-refractivity contribution in [2.45, 2.75) is 30.4 Å². The number of ether oxygens (including phenoxy) is 1. The lowest BCUT2D eigenvalue weighted by molar-refractivity contribution is 0.0471. The number of carbonyl (C=O) groups excluding carboxylic acids is 1. The molecule has 0 radical (unpaired) electrons. The van der Waals surface area contributed by atoms with E-state index in [9.17, 15) is 13.2 Å². The van der Waals surface area contributed by atoms with E-state index in [-0.39, 0.29) is 23.1 Å². The molecule has 0 aliphatic heterocycles. The molecule has 0 bridgehead atoms. The first-order valence-electron chi connectivity index (χ1n) is 7.87. The van der Waals surface area contributed by atoms with Crippen molar-refractivity contribution in [3.8, 4) is 6.07 Å². The Kier molecular flexibility index (Phi) is 5.41. The van der Waals surface area contributed by atoms with Gasteiger partial charge in [-0.15, -0.1) is 0 Å². The molecule has 2 aromatic carbocycles. The zero-order valence-electron chi connectivity index (χ0n) is 13.6. The molecule has 1 aliphatic carbocycles. The lowest BCUT2D eigenvalue weighted by Crippen LogP contribution is -2.26. The first kappa shape index (κ1) is 18.6. The molecule has 3 rings (SSSR count). The third-order valence-electron chi connectivity index (χ3n) is 3.82. The van der Waals surface area contributed by atoms with Crippen molar-refractivity contribution in [2.75, 3.05) is 0 Å². The number of sulfonamides is 1. The van der Waals surface area contributed by atoms with Gasteiger partial charge in [-0.1, -0.05) is 12.1 Å². The Bertz CT molecular complexity index is 977. The van der Waals surface area contributed by atoms with Gasteiger partial charge in [0.15, 0.2) is 0 Å². The van der Waals surface area contributed by atoms with Gasteiger partial charge in [0.05, 0.1) is 22.1 Å². The molecule has 0 atom stereocenters. The van der Waals surface area contributed by atoms with Crippen LogP contribution in [-0.4, -0.2) is 20.4 Å². The van der Waals surface area contributed by atoms with Gasteiger partial charge in [0.25, 0.3) is 0 Å². The highest BCUT2D eigenvalue weighted by Gasteiger charge is 2.28. The highest BCUT2D eigenvalue weighted by Crippen LogP contribution is 2.25. The Hall–Kier alpha value is -2.21. The smallest absolute Gasteiger partial charge is 0.339 e. The molecule has 2 aromatic rings. The minimum Gasteiger partial charge on any atom is -0.457 e. The summed E-state index contributed by atoms with van der Waals surface area (Å²) in [5.74, 6) is -0.635. The zero-order valence-corrected chi connectivity index (χ0v) is 16.0. The van der Waals surface area contributed by atoms with Crippen LogP contribution >= 0.6 is 15.9 Å². The molecule has 134 valence electrons. The Morgan fingerprint density at radius 2 is 1.92 bits per heavy atom. The van der Waals surface area contributed by atoms with E-state index in [1.165, 1.54) is 18.2 Å². The quantitative estimate of drug-likeness (QED) is 0.704. The molecular formula is C18H15BrN2O4S. The van der Waals surface area contributed by atoms with Crippen LogP contribution < -0.4 is 4.72 Å². The Labute approximate surface area is 160 Å². The lowest BCUT2D eigenvalue weighted by atomic mass is 10.1. The average Bonchev–Trinajstić information content (AvgIpc) is 3.43. The molecule has 0 aromatic heterocycles. The van der Waals surface area contributed by atoms with E-state index >= 15 is 0 Å². The third kappa shape index (κ3) is 4.49. The summed E-state index contributed by atoms with van der Waals surface area (Å²) < 4.78 is 32.9. The fraction of sp³-hybridized carbons (Fsp3) is 0.222. The number of nitrogens with one attached hydrogen (secondary N) is 1. The van der Waals surface area contributed by atoms with Crippen LogP contribution in [0.15, 0.2) is 51.8 Å². The standard InChI is InChI=1S/C18H15BrN2O4S/c19-17-8-7-15(26(23,24)21-14-5-6-14)9-16(17)18(22)25-11-13-3-1-12(10-20)2-4-13/h1-4,7-9,14,21H,5-6,11H2. The van der Waals surface area contributed by atoms with Gasteiger partial charge in [0.1, 0.15) is 6.61 Å². The second-order valence-electron chi connectivity index (χ2n) is 5.92. The number of halogens is 1. The molecule has 1 aliphatic rings. The molecule has 1 fully saturated rings. The SMILES string of the molecule is N#Cc1ccc(COC(=O)c2cc(S(=O)(=O)NC3CC3)ccc2Br)cc1. The Morgan fingerprint density at radius 3 is 2.54 bits per heavy atom. The summed E-state index contributed by atoms with van der Waals surface area (Å²) in [6.45, 7) is 0.0221. The van der Waals surface area contributed by atoms with Crippen LogP contribution in [0.1, 0.15) is 34.3 Å². The summed E-state index contributed by atoms with van der Waals surface area (Å²) in [5.41, 5.74) is 1.38. The van der Waals surface area contributed by atoms with Crippen molar-refractivity contribution in [3.05, 3.63) is 63.6 Å². The van der Waals surface area contributed by atoms with Gasteiger partial charge in [-0.2, -0.15) is 5.26 Å². The predicted octanol–water partition coefficient (Wildman–Crippen LogP) is 3.12. The number of hydrogen-bond donors (Lipinski definition) is 1. The number of nitriles is 1. The number of benzene rings is 2. The number of nitrogens with zero attached hydrogens (tertiary/aromatic N) is 1. The number of esters is 1. The summed E-state index contributed by atoms with van der Waals surface area (Å²) in [4.78, 5) is 12.4. The highest BCUT2D eigenvalue weighted by molar-refractivity contribution is 9.10. The van der Waals surface area contributed by atoms with E-state index in [1.54, 1.807) is 24.3 Å². The summed E-state index contributed by atoms with van der Waals surface area (Å²) in [5, 5.41) is 8.78. The summed E-state index contributed by atoms with van der Waals surface area (Å²) in [6, 6.07) is 12.9. The van der Waals surface area contributed by atoms with Crippen LogP contribution in [-0.2, 0) is 21.4 Å². The highest BCUT2D eigenvalue weighted by atomic mass is 79.9. The fourth-order valence-electron chi connectivity index (χ4n) is 2.22. The second-order valence-corrected chi connectivity index (χ2v) is 8.49. The monoisotopic (exact) mass is 434 g/mol. The zero-order chi connectivity index (χ0) is 18.7. The maximum absolute atomic E-state index is 12.4. The van der Waals surface area contributed by atoms with Gasteiger partial charge < -0.3 is 4.74 Å². The van der Waals surface area contributed by atoms with Gasteiger partial charge in [0.2, 0.25) is 10.0 Å². The largest absolute Gasteiger partial charge is 0.457 e. The van der Waals surface area contributed by atoms with Gasteiger partial charge in [-0.05, 0) is 64.7 Å². The third-order valence-corrected chi connectivity index (χ3v) is 6.03. The van der Waals surface area contributed by atoms with Crippen molar-refractivity contribution >= 4 is 31.9 Å².